The van der Waals surface area contributed by atoms with Gasteiger partial charge in [-0.2, -0.15) is 0 Å². The first-order chi connectivity index (χ1) is 15.0. The fourth-order valence-corrected chi connectivity index (χ4v) is 3.68. The van der Waals surface area contributed by atoms with Gasteiger partial charge in [-0.1, -0.05) is 48.5 Å². The number of para-hydroxylation sites is 1. The van der Waals surface area contributed by atoms with Crippen molar-refractivity contribution in [1.82, 2.24) is 19.9 Å². The van der Waals surface area contributed by atoms with E-state index in [-0.39, 0.29) is 23.9 Å². The van der Waals surface area contributed by atoms with Crippen LogP contribution >= 0.6 is 0 Å². The first-order valence-corrected chi connectivity index (χ1v) is 10.1. The van der Waals surface area contributed by atoms with Crippen LogP contribution in [0.15, 0.2) is 71.5 Å². The van der Waals surface area contributed by atoms with Crippen LogP contribution in [-0.2, 0) is 17.6 Å². The largest absolute Gasteiger partial charge is 0.496 e. The topological polar surface area (TPSA) is 88.5 Å². The molecule has 7 heteroatoms. The summed E-state index contributed by atoms with van der Waals surface area (Å²) in [6.07, 6.45) is 0.594. The average Bonchev–Trinajstić information content (AvgIpc) is 3.15. The van der Waals surface area contributed by atoms with Gasteiger partial charge in [0.2, 0.25) is 5.91 Å². The fraction of sp³-hybridized carbons (Fsp3) is 0.208. The predicted molar refractivity (Wildman–Crippen MR) is 118 cm³/mol. The van der Waals surface area contributed by atoms with E-state index >= 15 is 0 Å². The van der Waals surface area contributed by atoms with Gasteiger partial charge in [0.25, 0.3) is 5.56 Å². The number of H-pyrrole nitrogens is 1. The third kappa shape index (κ3) is 4.66. The molecule has 0 unspecified atom stereocenters. The Balaban J connectivity index is 1.59. The summed E-state index contributed by atoms with van der Waals surface area (Å²) in [4.78, 5) is 29.9. The van der Waals surface area contributed by atoms with Crippen LogP contribution in [0.2, 0.25) is 0 Å². The molecule has 0 aliphatic carbocycles. The Hall–Kier alpha value is -3.87. The van der Waals surface area contributed by atoms with E-state index in [0.29, 0.717) is 23.5 Å². The molecular weight excluding hydrogens is 392 g/mol. The van der Waals surface area contributed by atoms with Crippen LogP contribution in [0, 0.1) is 6.92 Å². The molecular formula is C24H24N4O3. The molecule has 2 aromatic carbocycles. The van der Waals surface area contributed by atoms with Crippen LogP contribution < -0.4 is 15.6 Å². The minimum Gasteiger partial charge on any atom is -0.496 e. The van der Waals surface area contributed by atoms with Gasteiger partial charge in [0.15, 0.2) is 5.65 Å². The van der Waals surface area contributed by atoms with Crippen LogP contribution in [0.25, 0.3) is 5.65 Å². The average molecular weight is 416 g/mol. The van der Waals surface area contributed by atoms with E-state index < -0.39 is 0 Å². The summed E-state index contributed by atoms with van der Waals surface area (Å²) in [5.41, 5.74) is 3.62. The van der Waals surface area contributed by atoms with Crippen molar-refractivity contribution in [2.45, 2.75) is 25.8 Å². The minimum atomic E-state index is -0.321. The molecule has 0 aliphatic rings. The smallest absolute Gasteiger partial charge is 0.272 e. The Labute approximate surface area is 179 Å². The van der Waals surface area contributed by atoms with Gasteiger partial charge in [-0.05, 0) is 18.6 Å². The molecule has 0 saturated carbocycles. The molecule has 1 amide bonds. The molecule has 0 aliphatic heterocycles. The van der Waals surface area contributed by atoms with Gasteiger partial charge in [-0.25, -0.2) is 9.50 Å². The number of methoxy groups -OCH3 is 1. The Morgan fingerprint density at radius 2 is 1.87 bits per heavy atom. The van der Waals surface area contributed by atoms with Gasteiger partial charge in [-0.3, -0.25) is 14.7 Å². The highest BCUT2D eigenvalue weighted by molar-refractivity contribution is 5.79. The van der Waals surface area contributed by atoms with Crippen molar-refractivity contribution in [3.05, 3.63) is 99.6 Å². The number of fused-ring (bicyclic) bond motifs is 1. The van der Waals surface area contributed by atoms with E-state index in [0.717, 1.165) is 16.8 Å². The Morgan fingerprint density at radius 3 is 2.65 bits per heavy atom. The number of nitrogens with zero attached hydrogens (tertiary/aromatic N) is 2. The highest BCUT2D eigenvalue weighted by Crippen LogP contribution is 2.20. The molecule has 0 spiro atoms. The summed E-state index contributed by atoms with van der Waals surface area (Å²) < 4.78 is 6.77. The molecule has 31 heavy (non-hydrogen) atoms. The number of carbonyl (C=O) groups excluding carboxylic acids is 1. The van der Waals surface area contributed by atoms with E-state index in [2.05, 4.69) is 15.4 Å². The lowest BCUT2D eigenvalue weighted by Gasteiger charge is -2.19. The molecule has 2 heterocycles. The molecule has 1 atom stereocenters. The molecule has 4 rings (SSSR count). The van der Waals surface area contributed by atoms with Crippen LogP contribution in [0.1, 0.15) is 28.6 Å². The zero-order chi connectivity index (χ0) is 21.8. The maximum Gasteiger partial charge on any atom is 0.272 e. The highest BCUT2D eigenvalue weighted by Gasteiger charge is 2.18. The van der Waals surface area contributed by atoms with E-state index in [9.17, 15) is 9.59 Å². The van der Waals surface area contributed by atoms with Gasteiger partial charge in [-0.15, -0.1) is 0 Å². The lowest BCUT2D eigenvalue weighted by Crippen LogP contribution is -2.32. The van der Waals surface area contributed by atoms with Gasteiger partial charge in [0, 0.05) is 29.8 Å². The first-order valence-electron chi connectivity index (χ1n) is 10.1. The number of benzene rings is 2. The van der Waals surface area contributed by atoms with E-state index in [4.69, 9.17) is 4.74 Å². The monoisotopic (exact) mass is 416 g/mol. The summed E-state index contributed by atoms with van der Waals surface area (Å²) in [7, 11) is 1.59. The number of aromatic nitrogens is 3. The number of ether oxygens (including phenoxy) is 1. The van der Waals surface area contributed by atoms with Gasteiger partial charge in [0.05, 0.1) is 25.3 Å². The number of aryl methyl sites for hydroxylation is 1. The number of hydrogen-bond donors (Lipinski definition) is 2. The fourth-order valence-electron chi connectivity index (χ4n) is 3.68. The molecule has 7 nitrogen and oxygen atoms in total. The minimum absolute atomic E-state index is 0.131. The highest BCUT2D eigenvalue weighted by atomic mass is 16.5. The Morgan fingerprint density at radius 1 is 1.13 bits per heavy atom. The van der Waals surface area contributed by atoms with Crippen molar-refractivity contribution in [2.75, 3.05) is 7.11 Å². The van der Waals surface area contributed by atoms with Crippen molar-refractivity contribution < 1.29 is 9.53 Å². The first kappa shape index (κ1) is 20.4. The molecule has 2 N–H and O–H groups in total. The number of nitrogens with one attached hydrogen (secondary N) is 2. The van der Waals surface area contributed by atoms with E-state index in [1.807, 2.05) is 67.6 Å². The van der Waals surface area contributed by atoms with Crippen molar-refractivity contribution >= 4 is 11.6 Å². The van der Waals surface area contributed by atoms with Crippen molar-refractivity contribution in [3.8, 4) is 5.75 Å². The summed E-state index contributed by atoms with van der Waals surface area (Å²) in [5.74, 6) is 0.547. The van der Waals surface area contributed by atoms with Gasteiger partial charge >= 0.3 is 0 Å². The molecule has 158 valence electrons. The lowest BCUT2D eigenvalue weighted by molar-refractivity contribution is -0.121. The number of aromatic amines is 1. The third-order valence-electron chi connectivity index (χ3n) is 5.13. The summed E-state index contributed by atoms with van der Waals surface area (Å²) in [5, 5.41) is 6.07. The zero-order valence-electron chi connectivity index (χ0n) is 17.5. The number of amides is 1. The van der Waals surface area contributed by atoms with Crippen molar-refractivity contribution in [3.63, 3.8) is 0 Å². The molecule has 0 fully saturated rings. The number of rotatable bonds is 7. The predicted octanol–water partition coefficient (Wildman–Crippen LogP) is 2.98. The van der Waals surface area contributed by atoms with Gasteiger partial charge in [0.1, 0.15) is 5.75 Å². The normalized spacial score (nSPS) is 11.9. The van der Waals surface area contributed by atoms with Crippen molar-refractivity contribution in [1.29, 1.82) is 0 Å². The quantitative estimate of drug-likeness (QED) is 0.485. The Bertz CT molecular complexity index is 1260. The molecule has 0 radical (unpaired) electrons. The van der Waals surface area contributed by atoms with Crippen LogP contribution in [0.5, 0.6) is 5.75 Å². The summed E-state index contributed by atoms with van der Waals surface area (Å²) >= 11 is 0. The second-order valence-electron chi connectivity index (χ2n) is 7.44. The summed E-state index contributed by atoms with van der Waals surface area (Å²) in [6.45, 7) is 1.87. The zero-order valence-corrected chi connectivity index (χ0v) is 17.5. The molecule has 2 aromatic heterocycles. The second-order valence-corrected chi connectivity index (χ2v) is 7.44. The lowest BCUT2D eigenvalue weighted by atomic mass is 10.0. The van der Waals surface area contributed by atoms with E-state index in [1.54, 1.807) is 7.11 Å². The molecule has 0 bridgehead atoms. The van der Waals surface area contributed by atoms with Gasteiger partial charge < -0.3 is 10.1 Å². The second kappa shape index (κ2) is 8.87. The van der Waals surface area contributed by atoms with E-state index in [1.165, 1.54) is 10.6 Å². The van der Waals surface area contributed by atoms with Crippen LogP contribution in [0.4, 0.5) is 0 Å². The molecule has 4 aromatic rings. The standard InChI is InChI=1S/C24H24N4O3/c1-16-12-22-25-19(15-24(30)28(22)27-16)14-20(17-8-4-3-5-9-17)26-23(29)13-18-10-6-7-11-21(18)31-2/h3-12,15,20,27H,13-14H2,1-2H3,(H,26,29)/t20-/m1/s1. The SMILES string of the molecule is COc1ccccc1CC(=O)N[C@H](Cc1cc(=O)n2[nH]c(C)cc2n1)c1ccccc1. The van der Waals surface area contributed by atoms with Crippen LogP contribution in [-0.4, -0.2) is 27.6 Å². The number of carbonyl (C=O) groups is 1. The van der Waals surface area contributed by atoms with Crippen LogP contribution in [0.3, 0.4) is 0 Å². The third-order valence-corrected chi connectivity index (χ3v) is 5.13. The Kier molecular flexibility index (Phi) is 5.84. The van der Waals surface area contributed by atoms with Crippen molar-refractivity contribution in [2.24, 2.45) is 0 Å². The maximum atomic E-state index is 12.9. The number of hydrogen-bond acceptors (Lipinski definition) is 4. The maximum absolute atomic E-state index is 12.9. The molecule has 0 saturated heterocycles. The summed E-state index contributed by atoms with van der Waals surface area (Å²) in [6, 6.07) is 20.2.